The Kier molecular flexibility index (Phi) is 5.57. The van der Waals surface area contributed by atoms with Crippen molar-refractivity contribution in [2.24, 2.45) is 0 Å². The van der Waals surface area contributed by atoms with E-state index in [-0.39, 0.29) is 6.03 Å². The Morgan fingerprint density at radius 1 is 1.08 bits per heavy atom. The Bertz CT molecular complexity index is 775. The molecule has 0 radical (unpaired) electrons. The maximum Gasteiger partial charge on any atom is 0.315 e. The minimum absolute atomic E-state index is 0.209. The summed E-state index contributed by atoms with van der Waals surface area (Å²) in [6, 6.07) is 13.2. The van der Waals surface area contributed by atoms with Crippen molar-refractivity contribution < 1.29 is 14.3 Å². The van der Waals surface area contributed by atoms with E-state index in [1.54, 1.807) is 0 Å². The molecule has 2 amide bonds. The SMILES string of the molecule is CC(C)(NC(=O)NCCc1ccc(Cl)cc1)c1ccc2c(c1)OCCO2. The van der Waals surface area contributed by atoms with Crippen molar-refractivity contribution in [2.75, 3.05) is 19.8 Å². The van der Waals surface area contributed by atoms with Crippen molar-refractivity contribution >= 4 is 17.6 Å². The third-order valence-electron chi connectivity index (χ3n) is 4.30. The summed E-state index contributed by atoms with van der Waals surface area (Å²) in [5, 5.41) is 6.61. The van der Waals surface area contributed by atoms with Crippen LogP contribution in [0.25, 0.3) is 0 Å². The zero-order chi connectivity index (χ0) is 18.6. The number of carbonyl (C=O) groups is 1. The molecule has 0 aliphatic carbocycles. The van der Waals surface area contributed by atoms with E-state index in [1.807, 2.05) is 56.3 Å². The molecule has 0 aromatic heterocycles. The first-order valence-corrected chi connectivity index (χ1v) is 9.02. The summed E-state index contributed by atoms with van der Waals surface area (Å²) in [5.41, 5.74) is 1.54. The van der Waals surface area contributed by atoms with Gasteiger partial charge in [0.15, 0.2) is 11.5 Å². The average molecular weight is 375 g/mol. The molecule has 3 rings (SSSR count). The number of halogens is 1. The molecule has 138 valence electrons. The van der Waals surface area contributed by atoms with Gasteiger partial charge in [-0.05, 0) is 55.7 Å². The predicted molar refractivity (Wildman–Crippen MR) is 102 cm³/mol. The number of carbonyl (C=O) groups excluding carboxylic acids is 1. The Morgan fingerprint density at radius 2 is 1.77 bits per heavy atom. The number of amides is 2. The number of hydrogen-bond donors (Lipinski definition) is 2. The number of urea groups is 1. The smallest absolute Gasteiger partial charge is 0.315 e. The molecule has 26 heavy (non-hydrogen) atoms. The number of rotatable bonds is 5. The van der Waals surface area contributed by atoms with E-state index in [0.29, 0.717) is 30.5 Å². The zero-order valence-corrected chi connectivity index (χ0v) is 15.7. The first kappa shape index (κ1) is 18.4. The second kappa shape index (κ2) is 7.87. The fraction of sp³-hybridized carbons (Fsp3) is 0.350. The number of nitrogens with one attached hydrogen (secondary N) is 2. The van der Waals surface area contributed by atoms with E-state index >= 15 is 0 Å². The van der Waals surface area contributed by atoms with Crippen LogP contribution < -0.4 is 20.1 Å². The molecular formula is C20H23ClN2O3. The van der Waals surface area contributed by atoms with Gasteiger partial charge in [-0.25, -0.2) is 4.79 Å². The lowest BCUT2D eigenvalue weighted by atomic mass is 9.94. The van der Waals surface area contributed by atoms with Crippen molar-refractivity contribution in [3.05, 3.63) is 58.6 Å². The molecule has 2 aromatic rings. The van der Waals surface area contributed by atoms with Gasteiger partial charge in [0.25, 0.3) is 0 Å². The topological polar surface area (TPSA) is 59.6 Å². The minimum atomic E-state index is -0.541. The second-order valence-electron chi connectivity index (χ2n) is 6.74. The van der Waals surface area contributed by atoms with Crippen LogP contribution in [0.1, 0.15) is 25.0 Å². The number of hydrogen-bond acceptors (Lipinski definition) is 3. The monoisotopic (exact) mass is 374 g/mol. The summed E-state index contributed by atoms with van der Waals surface area (Å²) in [6.45, 7) is 5.55. The lowest BCUT2D eigenvalue weighted by Gasteiger charge is -2.28. The van der Waals surface area contributed by atoms with Gasteiger partial charge in [0.05, 0.1) is 5.54 Å². The van der Waals surface area contributed by atoms with Crippen molar-refractivity contribution in [3.63, 3.8) is 0 Å². The quantitative estimate of drug-likeness (QED) is 0.834. The number of ether oxygens (including phenoxy) is 2. The molecule has 2 aromatic carbocycles. The first-order chi connectivity index (χ1) is 12.4. The Balaban J connectivity index is 1.54. The highest BCUT2D eigenvalue weighted by Crippen LogP contribution is 2.34. The molecule has 0 saturated heterocycles. The van der Waals surface area contributed by atoms with E-state index in [9.17, 15) is 4.79 Å². The van der Waals surface area contributed by atoms with Gasteiger partial charge in [-0.15, -0.1) is 0 Å². The Morgan fingerprint density at radius 3 is 2.50 bits per heavy atom. The summed E-state index contributed by atoms with van der Waals surface area (Å²) in [5.74, 6) is 1.45. The maximum absolute atomic E-state index is 12.3. The van der Waals surface area contributed by atoms with Gasteiger partial charge < -0.3 is 20.1 Å². The lowest BCUT2D eigenvalue weighted by molar-refractivity contribution is 0.171. The van der Waals surface area contributed by atoms with Crippen LogP contribution in [0.4, 0.5) is 4.79 Å². The molecule has 1 aliphatic heterocycles. The molecule has 2 N–H and O–H groups in total. The minimum Gasteiger partial charge on any atom is -0.486 e. The van der Waals surface area contributed by atoms with Crippen LogP contribution in [0.5, 0.6) is 11.5 Å². The van der Waals surface area contributed by atoms with Gasteiger partial charge in [0, 0.05) is 11.6 Å². The summed E-state index contributed by atoms with van der Waals surface area (Å²) in [4.78, 5) is 12.3. The van der Waals surface area contributed by atoms with E-state index in [1.165, 1.54) is 0 Å². The van der Waals surface area contributed by atoms with Crippen LogP contribution in [0.3, 0.4) is 0 Å². The van der Waals surface area contributed by atoms with E-state index in [0.717, 1.165) is 23.3 Å². The van der Waals surface area contributed by atoms with Crippen LogP contribution in [-0.2, 0) is 12.0 Å². The van der Waals surface area contributed by atoms with Crippen LogP contribution >= 0.6 is 11.6 Å². The van der Waals surface area contributed by atoms with Crippen molar-refractivity contribution in [3.8, 4) is 11.5 Å². The van der Waals surface area contributed by atoms with Gasteiger partial charge in [-0.3, -0.25) is 0 Å². The third-order valence-corrected chi connectivity index (χ3v) is 4.55. The highest BCUT2D eigenvalue weighted by atomic mass is 35.5. The second-order valence-corrected chi connectivity index (χ2v) is 7.18. The third kappa shape index (κ3) is 4.61. The van der Waals surface area contributed by atoms with Crippen LogP contribution in [-0.4, -0.2) is 25.8 Å². The predicted octanol–water partition coefficient (Wildman–Crippen LogP) is 3.89. The number of benzene rings is 2. The van der Waals surface area contributed by atoms with Crippen LogP contribution in [0, 0.1) is 0 Å². The standard InChI is InChI=1S/C20H23ClN2O3/c1-20(2,15-5-8-17-18(13-15)26-12-11-25-17)23-19(24)22-10-9-14-3-6-16(21)7-4-14/h3-8,13H,9-12H2,1-2H3,(H2,22,23,24). The molecule has 0 atom stereocenters. The summed E-state index contributed by atoms with van der Waals surface area (Å²) in [6.07, 6.45) is 0.745. The molecule has 1 heterocycles. The molecule has 0 saturated carbocycles. The summed E-state index contributed by atoms with van der Waals surface area (Å²) in [7, 11) is 0. The molecule has 1 aliphatic rings. The fourth-order valence-corrected chi connectivity index (χ4v) is 2.93. The van der Waals surface area contributed by atoms with Crippen molar-refractivity contribution in [1.82, 2.24) is 10.6 Å². The molecule has 5 nitrogen and oxygen atoms in total. The van der Waals surface area contributed by atoms with Crippen molar-refractivity contribution in [2.45, 2.75) is 25.8 Å². The first-order valence-electron chi connectivity index (χ1n) is 8.65. The molecular weight excluding hydrogens is 352 g/mol. The Labute approximate surface area is 158 Å². The van der Waals surface area contributed by atoms with E-state index < -0.39 is 5.54 Å². The average Bonchev–Trinajstić information content (AvgIpc) is 2.62. The van der Waals surface area contributed by atoms with Gasteiger partial charge in [-0.2, -0.15) is 0 Å². The molecule has 0 unspecified atom stereocenters. The van der Waals surface area contributed by atoms with Crippen LogP contribution in [0.15, 0.2) is 42.5 Å². The summed E-state index contributed by atoms with van der Waals surface area (Å²) >= 11 is 5.87. The normalized spacial score (nSPS) is 13.2. The van der Waals surface area contributed by atoms with E-state index in [4.69, 9.17) is 21.1 Å². The highest BCUT2D eigenvalue weighted by Gasteiger charge is 2.25. The van der Waals surface area contributed by atoms with E-state index in [2.05, 4.69) is 10.6 Å². The van der Waals surface area contributed by atoms with Gasteiger partial charge >= 0.3 is 6.03 Å². The zero-order valence-electron chi connectivity index (χ0n) is 15.0. The van der Waals surface area contributed by atoms with Gasteiger partial charge in [0.1, 0.15) is 13.2 Å². The van der Waals surface area contributed by atoms with Gasteiger partial charge in [0.2, 0.25) is 0 Å². The van der Waals surface area contributed by atoms with Gasteiger partial charge in [-0.1, -0.05) is 29.8 Å². The fourth-order valence-electron chi connectivity index (χ4n) is 2.80. The molecule has 0 bridgehead atoms. The molecule has 6 heteroatoms. The largest absolute Gasteiger partial charge is 0.486 e. The van der Waals surface area contributed by atoms with Crippen molar-refractivity contribution in [1.29, 1.82) is 0 Å². The Hall–Kier alpha value is -2.40. The number of fused-ring (bicyclic) bond motifs is 1. The molecule has 0 fully saturated rings. The molecule has 0 spiro atoms. The lowest BCUT2D eigenvalue weighted by Crippen LogP contribution is -2.46. The summed E-state index contributed by atoms with van der Waals surface area (Å²) < 4.78 is 11.2. The maximum atomic E-state index is 12.3. The van der Waals surface area contributed by atoms with Crippen LogP contribution in [0.2, 0.25) is 5.02 Å². The highest BCUT2D eigenvalue weighted by molar-refractivity contribution is 6.30.